The highest BCUT2D eigenvalue weighted by atomic mass is 35.5. The highest BCUT2D eigenvalue weighted by Crippen LogP contribution is 2.30. The third-order valence-electron chi connectivity index (χ3n) is 6.26. The lowest BCUT2D eigenvalue weighted by atomic mass is 9.84. The summed E-state index contributed by atoms with van der Waals surface area (Å²) in [6.07, 6.45) is 2.35. The molecule has 34 heavy (non-hydrogen) atoms. The van der Waals surface area contributed by atoms with Crippen molar-refractivity contribution in [2.75, 3.05) is 19.6 Å². The van der Waals surface area contributed by atoms with Crippen molar-refractivity contribution in [3.63, 3.8) is 0 Å². The van der Waals surface area contributed by atoms with Crippen LogP contribution in [0.3, 0.4) is 0 Å². The van der Waals surface area contributed by atoms with Crippen LogP contribution in [-0.2, 0) is 10.1 Å². The van der Waals surface area contributed by atoms with E-state index in [2.05, 4.69) is 10.2 Å². The molecular weight excluding hydrogens is 476 g/mol. The standard InChI is InChI=1S/C18H19ClN2O2.C7H8O3S/c19-14-4-2-1-3-13(14)16-5-6-17(23-16)18(22)20-15-11-21-9-7-12(15)8-10-21;1-6-2-4-7(5-3-6)11(8,9)10/h1-6,12,15H,7-11H2,(H,20,22);2-5H,1H3,(H,8,9,10)/t15-;/m0./s1. The number of hydrogen-bond acceptors (Lipinski definition) is 5. The molecule has 4 heterocycles. The summed E-state index contributed by atoms with van der Waals surface area (Å²) >= 11 is 6.18. The predicted octanol–water partition coefficient (Wildman–Crippen LogP) is 4.67. The first-order valence-electron chi connectivity index (χ1n) is 11.1. The van der Waals surface area contributed by atoms with Gasteiger partial charge in [-0.2, -0.15) is 8.42 Å². The Bertz CT molecular complexity index is 1250. The topological polar surface area (TPSA) is 99.8 Å². The Morgan fingerprint density at radius 2 is 1.74 bits per heavy atom. The van der Waals surface area contributed by atoms with Gasteiger partial charge >= 0.3 is 0 Å². The van der Waals surface area contributed by atoms with Crippen molar-refractivity contribution in [3.05, 3.63) is 77.0 Å². The van der Waals surface area contributed by atoms with Gasteiger partial charge in [0.1, 0.15) is 5.76 Å². The fourth-order valence-corrected chi connectivity index (χ4v) is 5.05. The molecule has 3 fully saturated rings. The number of nitrogens with one attached hydrogen (secondary N) is 1. The molecule has 1 amide bonds. The molecule has 2 aromatic carbocycles. The molecule has 6 rings (SSSR count). The van der Waals surface area contributed by atoms with Gasteiger partial charge in [0.05, 0.1) is 9.92 Å². The summed E-state index contributed by atoms with van der Waals surface area (Å²) in [6.45, 7) is 5.12. The largest absolute Gasteiger partial charge is 0.451 e. The number of rotatable bonds is 4. The molecule has 2 N–H and O–H groups in total. The highest BCUT2D eigenvalue weighted by Gasteiger charge is 2.35. The Morgan fingerprint density at radius 3 is 2.32 bits per heavy atom. The number of piperidine rings is 3. The third-order valence-corrected chi connectivity index (χ3v) is 7.46. The Balaban J connectivity index is 0.000000210. The van der Waals surface area contributed by atoms with Crippen molar-refractivity contribution < 1.29 is 22.2 Å². The van der Waals surface area contributed by atoms with Crippen LogP contribution in [0.4, 0.5) is 0 Å². The zero-order chi connectivity index (χ0) is 24.3. The number of amides is 1. The second kappa shape index (κ2) is 10.3. The third kappa shape index (κ3) is 5.88. The van der Waals surface area contributed by atoms with E-state index >= 15 is 0 Å². The van der Waals surface area contributed by atoms with Crippen LogP contribution in [0.25, 0.3) is 11.3 Å². The summed E-state index contributed by atoms with van der Waals surface area (Å²) in [5.41, 5.74) is 1.76. The molecule has 0 radical (unpaired) electrons. The van der Waals surface area contributed by atoms with E-state index in [-0.39, 0.29) is 16.8 Å². The van der Waals surface area contributed by atoms with Gasteiger partial charge in [0.25, 0.3) is 16.0 Å². The summed E-state index contributed by atoms with van der Waals surface area (Å²) in [7, 11) is -4.02. The first-order chi connectivity index (χ1) is 16.2. The minimum absolute atomic E-state index is 0.0666. The average Bonchev–Trinajstić information content (AvgIpc) is 3.31. The van der Waals surface area contributed by atoms with Crippen molar-refractivity contribution in [2.24, 2.45) is 5.92 Å². The minimum Gasteiger partial charge on any atom is -0.451 e. The summed E-state index contributed by atoms with van der Waals surface area (Å²) in [6, 6.07) is 17.2. The van der Waals surface area contributed by atoms with E-state index in [1.165, 1.54) is 25.0 Å². The van der Waals surface area contributed by atoms with Crippen molar-refractivity contribution >= 4 is 27.6 Å². The average molecular weight is 503 g/mol. The molecule has 0 unspecified atom stereocenters. The van der Waals surface area contributed by atoms with Crippen molar-refractivity contribution in [3.8, 4) is 11.3 Å². The quantitative estimate of drug-likeness (QED) is 0.503. The number of nitrogens with zero attached hydrogens (tertiary/aromatic N) is 1. The number of hydrogen-bond donors (Lipinski definition) is 2. The molecule has 3 aliphatic rings. The van der Waals surface area contributed by atoms with Crippen LogP contribution < -0.4 is 5.32 Å². The van der Waals surface area contributed by atoms with Gasteiger partial charge in [-0.15, -0.1) is 0 Å². The van der Waals surface area contributed by atoms with E-state index in [1.807, 2.05) is 31.2 Å². The molecular formula is C25H27ClN2O5S. The number of benzene rings is 2. The highest BCUT2D eigenvalue weighted by molar-refractivity contribution is 7.85. The maximum Gasteiger partial charge on any atom is 0.294 e. The summed E-state index contributed by atoms with van der Waals surface area (Å²) in [5, 5.41) is 3.76. The van der Waals surface area contributed by atoms with Crippen LogP contribution in [0.2, 0.25) is 5.02 Å². The van der Waals surface area contributed by atoms with Gasteiger partial charge < -0.3 is 14.6 Å². The second-order valence-electron chi connectivity index (χ2n) is 8.65. The molecule has 1 aromatic heterocycles. The number of aryl methyl sites for hydroxylation is 1. The van der Waals surface area contributed by atoms with Crippen molar-refractivity contribution in [1.29, 1.82) is 0 Å². The Kier molecular flexibility index (Phi) is 7.42. The minimum atomic E-state index is -4.02. The van der Waals surface area contributed by atoms with Gasteiger partial charge in [-0.05, 0) is 75.2 Å². The monoisotopic (exact) mass is 502 g/mol. The fraction of sp³-hybridized carbons (Fsp3) is 0.320. The number of fused-ring (bicyclic) bond motifs is 3. The van der Waals surface area contributed by atoms with E-state index in [1.54, 1.807) is 24.3 Å². The molecule has 7 nitrogen and oxygen atoms in total. The molecule has 2 bridgehead atoms. The van der Waals surface area contributed by atoms with E-state index in [4.69, 9.17) is 20.6 Å². The molecule has 0 saturated carbocycles. The van der Waals surface area contributed by atoms with Crippen LogP contribution in [-0.4, -0.2) is 49.5 Å². The van der Waals surface area contributed by atoms with Gasteiger partial charge in [0.2, 0.25) is 0 Å². The first-order valence-corrected chi connectivity index (χ1v) is 12.9. The van der Waals surface area contributed by atoms with Crippen molar-refractivity contribution in [1.82, 2.24) is 10.2 Å². The number of furan rings is 1. The predicted molar refractivity (Wildman–Crippen MR) is 131 cm³/mol. The lowest BCUT2D eigenvalue weighted by molar-refractivity contribution is 0.0606. The molecule has 0 spiro atoms. The van der Waals surface area contributed by atoms with E-state index in [0.29, 0.717) is 22.5 Å². The molecule has 1 atom stereocenters. The zero-order valence-electron chi connectivity index (χ0n) is 18.8. The lowest BCUT2D eigenvalue weighted by Crippen LogP contribution is -2.57. The lowest BCUT2D eigenvalue weighted by Gasteiger charge is -2.44. The van der Waals surface area contributed by atoms with Gasteiger partial charge in [-0.1, -0.05) is 41.4 Å². The Hall–Kier alpha value is -2.65. The molecule has 3 aliphatic heterocycles. The van der Waals surface area contributed by atoms with Gasteiger partial charge in [-0.3, -0.25) is 9.35 Å². The molecule has 180 valence electrons. The second-order valence-corrected chi connectivity index (χ2v) is 10.5. The molecule has 0 aliphatic carbocycles. The molecule has 3 saturated heterocycles. The zero-order valence-corrected chi connectivity index (χ0v) is 20.3. The number of carbonyl (C=O) groups is 1. The summed E-state index contributed by atoms with van der Waals surface area (Å²) in [5.74, 6) is 1.43. The van der Waals surface area contributed by atoms with Crippen LogP contribution in [0.15, 0.2) is 70.0 Å². The van der Waals surface area contributed by atoms with Crippen LogP contribution in [0, 0.1) is 12.8 Å². The maximum absolute atomic E-state index is 12.5. The van der Waals surface area contributed by atoms with E-state index in [9.17, 15) is 13.2 Å². The normalized spacial score (nSPS) is 21.4. The fourth-order valence-electron chi connectivity index (χ4n) is 4.34. The number of halogens is 1. The number of carbonyl (C=O) groups excluding carboxylic acids is 1. The van der Waals surface area contributed by atoms with Crippen LogP contribution >= 0.6 is 11.6 Å². The summed E-state index contributed by atoms with van der Waals surface area (Å²) in [4.78, 5) is 14.8. The maximum atomic E-state index is 12.5. The van der Waals surface area contributed by atoms with E-state index < -0.39 is 10.1 Å². The van der Waals surface area contributed by atoms with Crippen LogP contribution in [0.5, 0.6) is 0 Å². The SMILES string of the molecule is Cc1ccc(S(=O)(=O)O)cc1.O=C(N[C@H]1CN2CCC1CC2)c1ccc(-c2ccccc2Cl)o1. The van der Waals surface area contributed by atoms with Gasteiger partial charge in [0.15, 0.2) is 5.76 Å². The Labute approximate surface area is 204 Å². The smallest absolute Gasteiger partial charge is 0.294 e. The van der Waals surface area contributed by atoms with E-state index in [0.717, 1.165) is 30.8 Å². The molecule has 3 aromatic rings. The van der Waals surface area contributed by atoms with Crippen molar-refractivity contribution in [2.45, 2.75) is 30.7 Å². The molecule has 9 heteroatoms. The first kappa shape index (κ1) is 24.5. The van der Waals surface area contributed by atoms with Gasteiger partial charge in [-0.25, -0.2) is 0 Å². The van der Waals surface area contributed by atoms with Crippen LogP contribution in [0.1, 0.15) is 29.0 Å². The Morgan fingerprint density at radius 1 is 1.06 bits per heavy atom. The summed E-state index contributed by atoms with van der Waals surface area (Å²) < 4.78 is 35.3. The van der Waals surface area contributed by atoms with Gasteiger partial charge in [0, 0.05) is 18.2 Å².